The van der Waals surface area contributed by atoms with E-state index in [2.05, 4.69) is 42.0 Å². The van der Waals surface area contributed by atoms with Crippen LogP contribution < -0.4 is 15.2 Å². The van der Waals surface area contributed by atoms with E-state index < -0.39 is 5.97 Å². The van der Waals surface area contributed by atoms with E-state index in [1.807, 2.05) is 36.4 Å². The van der Waals surface area contributed by atoms with Crippen LogP contribution in [0.3, 0.4) is 0 Å². The second kappa shape index (κ2) is 12.3. The van der Waals surface area contributed by atoms with Crippen molar-refractivity contribution in [3.63, 3.8) is 0 Å². The Morgan fingerprint density at radius 2 is 1.78 bits per heavy atom. The number of hydrogen-bond acceptors (Lipinski definition) is 6. The topological polar surface area (TPSA) is 108 Å². The van der Waals surface area contributed by atoms with E-state index in [0.29, 0.717) is 23.4 Å². The lowest BCUT2D eigenvalue weighted by molar-refractivity contribution is -0.136. The summed E-state index contributed by atoms with van der Waals surface area (Å²) in [4.78, 5) is 12.3. The summed E-state index contributed by atoms with van der Waals surface area (Å²) >= 11 is 1.48. The van der Waals surface area contributed by atoms with Gasteiger partial charge in [0.25, 0.3) is 0 Å². The monoisotopic (exact) mass is 511 g/mol. The molecule has 0 bridgehead atoms. The quantitative estimate of drug-likeness (QED) is 0.136. The molecule has 4 aromatic carbocycles. The zero-order valence-corrected chi connectivity index (χ0v) is 21.3. The maximum absolute atomic E-state index is 11.3. The van der Waals surface area contributed by atoms with Crippen LogP contribution in [0.5, 0.6) is 5.75 Å². The Morgan fingerprint density at radius 1 is 1.00 bits per heavy atom. The Morgan fingerprint density at radius 3 is 2.51 bits per heavy atom. The van der Waals surface area contributed by atoms with Crippen LogP contribution in [0, 0.1) is 12.3 Å². The molecular formula is C30H29N3O3S. The SMILES string of the molecule is Cc1ccc(SNc2cc(-c3cccc(CN)c3)cc(COc3ccccc3CC(=O)O)c2C=N)cc1. The number of carbonyl (C=O) groups is 1. The second-order valence-corrected chi connectivity index (χ2v) is 9.51. The Kier molecular flexibility index (Phi) is 8.61. The number of anilines is 1. The van der Waals surface area contributed by atoms with Gasteiger partial charge in [0.05, 0.1) is 12.1 Å². The number of para-hydroxylation sites is 1. The Hall–Kier alpha value is -4.07. The summed E-state index contributed by atoms with van der Waals surface area (Å²) in [6, 6.07) is 27.5. The van der Waals surface area contributed by atoms with Crippen molar-refractivity contribution >= 4 is 29.8 Å². The fourth-order valence-electron chi connectivity index (χ4n) is 3.96. The first-order valence-electron chi connectivity index (χ1n) is 11.9. The smallest absolute Gasteiger partial charge is 0.307 e. The second-order valence-electron chi connectivity index (χ2n) is 8.63. The molecule has 0 atom stereocenters. The number of aliphatic carboxylic acids is 1. The highest BCUT2D eigenvalue weighted by Crippen LogP contribution is 2.33. The van der Waals surface area contributed by atoms with Gasteiger partial charge in [-0.2, -0.15) is 0 Å². The van der Waals surface area contributed by atoms with E-state index >= 15 is 0 Å². The number of rotatable bonds is 11. The van der Waals surface area contributed by atoms with E-state index in [4.69, 9.17) is 15.9 Å². The van der Waals surface area contributed by atoms with Gasteiger partial charge in [0.2, 0.25) is 0 Å². The van der Waals surface area contributed by atoms with E-state index in [1.54, 1.807) is 18.2 Å². The van der Waals surface area contributed by atoms with Crippen molar-refractivity contribution in [3.05, 3.63) is 113 Å². The number of aryl methyl sites for hydroxylation is 1. The van der Waals surface area contributed by atoms with E-state index in [9.17, 15) is 9.90 Å². The average Bonchev–Trinajstić information content (AvgIpc) is 2.91. The summed E-state index contributed by atoms with van der Waals surface area (Å²) in [6.07, 6.45) is 1.19. The number of nitrogens with one attached hydrogen (secondary N) is 2. The van der Waals surface area contributed by atoms with Crippen molar-refractivity contribution in [2.24, 2.45) is 5.73 Å². The molecule has 0 radical (unpaired) electrons. The third-order valence-electron chi connectivity index (χ3n) is 5.90. The molecule has 4 aromatic rings. The largest absolute Gasteiger partial charge is 0.489 e. The first kappa shape index (κ1) is 26.0. The molecule has 0 aliphatic rings. The number of carboxylic acids is 1. The summed E-state index contributed by atoms with van der Waals surface area (Å²) in [5, 5.41) is 17.4. The van der Waals surface area contributed by atoms with E-state index in [-0.39, 0.29) is 13.0 Å². The summed E-state index contributed by atoms with van der Waals surface area (Å²) in [5.74, 6) is -0.405. The summed E-state index contributed by atoms with van der Waals surface area (Å²) < 4.78 is 9.53. The van der Waals surface area contributed by atoms with Crippen LogP contribution in [0.4, 0.5) is 5.69 Å². The average molecular weight is 512 g/mol. The molecule has 5 N–H and O–H groups in total. The van der Waals surface area contributed by atoms with E-state index in [0.717, 1.165) is 32.8 Å². The fourth-order valence-corrected chi connectivity index (χ4v) is 4.63. The Bertz CT molecular complexity index is 1400. The van der Waals surface area contributed by atoms with Gasteiger partial charge in [-0.1, -0.05) is 54.1 Å². The van der Waals surface area contributed by atoms with Crippen LogP contribution in [-0.4, -0.2) is 17.3 Å². The van der Waals surface area contributed by atoms with Crippen LogP contribution in [0.2, 0.25) is 0 Å². The Balaban J connectivity index is 1.70. The third-order valence-corrected chi connectivity index (χ3v) is 6.73. The number of nitrogens with two attached hydrogens (primary N) is 1. The molecule has 0 heterocycles. The van der Waals surface area contributed by atoms with Gasteiger partial charge in [-0.05, 0) is 72.0 Å². The molecule has 0 fully saturated rings. The van der Waals surface area contributed by atoms with Crippen molar-refractivity contribution in [1.82, 2.24) is 0 Å². The highest BCUT2D eigenvalue weighted by Gasteiger charge is 2.14. The number of hydrogen-bond donors (Lipinski definition) is 4. The summed E-state index contributed by atoms with van der Waals surface area (Å²) in [5.41, 5.74) is 13.0. The molecule has 188 valence electrons. The molecule has 0 saturated heterocycles. The molecule has 0 amide bonds. The highest BCUT2D eigenvalue weighted by molar-refractivity contribution is 8.00. The predicted octanol–water partition coefficient (Wildman–Crippen LogP) is 6.44. The van der Waals surface area contributed by atoms with Gasteiger partial charge in [-0.25, -0.2) is 0 Å². The van der Waals surface area contributed by atoms with Crippen molar-refractivity contribution in [2.75, 3.05) is 4.72 Å². The van der Waals surface area contributed by atoms with Crippen LogP contribution in [0.15, 0.2) is 89.8 Å². The van der Waals surface area contributed by atoms with Crippen LogP contribution >= 0.6 is 11.9 Å². The van der Waals surface area contributed by atoms with Crippen molar-refractivity contribution in [2.45, 2.75) is 31.4 Å². The van der Waals surface area contributed by atoms with Gasteiger partial charge in [0.15, 0.2) is 0 Å². The molecular weight excluding hydrogens is 482 g/mol. The van der Waals surface area contributed by atoms with Crippen molar-refractivity contribution < 1.29 is 14.6 Å². The lowest BCUT2D eigenvalue weighted by Gasteiger charge is -2.17. The first-order valence-corrected chi connectivity index (χ1v) is 12.7. The molecule has 0 aromatic heterocycles. The Labute approximate surface area is 221 Å². The molecule has 37 heavy (non-hydrogen) atoms. The maximum Gasteiger partial charge on any atom is 0.307 e. The molecule has 7 heteroatoms. The molecule has 0 saturated carbocycles. The minimum Gasteiger partial charge on any atom is -0.489 e. The number of ether oxygens (including phenoxy) is 1. The van der Waals surface area contributed by atoms with Gasteiger partial charge in [0, 0.05) is 34.3 Å². The molecule has 0 spiro atoms. The fraction of sp³-hybridized carbons (Fsp3) is 0.133. The lowest BCUT2D eigenvalue weighted by Crippen LogP contribution is -2.07. The molecule has 0 unspecified atom stereocenters. The van der Waals surface area contributed by atoms with Crippen molar-refractivity contribution in [3.8, 4) is 16.9 Å². The van der Waals surface area contributed by atoms with Gasteiger partial charge in [0.1, 0.15) is 12.4 Å². The lowest BCUT2D eigenvalue weighted by atomic mass is 9.97. The minimum atomic E-state index is -0.919. The molecule has 0 aliphatic heterocycles. The molecule has 4 rings (SSSR count). The van der Waals surface area contributed by atoms with E-state index in [1.165, 1.54) is 23.7 Å². The van der Waals surface area contributed by atoms with Gasteiger partial charge in [-0.15, -0.1) is 0 Å². The van der Waals surface area contributed by atoms with Crippen LogP contribution in [0.1, 0.15) is 27.8 Å². The van der Waals surface area contributed by atoms with Gasteiger partial charge < -0.3 is 25.7 Å². The standard InChI is InChI=1S/C30H29N3O3S/c1-20-9-11-26(12-10-20)37-33-28-15-24(22-7-4-5-21(13-22)17-31)14-25(27(28)18-32)19-36-29-8-3-2-6-23(29)16-30(34)35/h2-15,18,32-33H,16-17,19,31H2,1H3,(H,34,35). The minimum absolute atomic E-state index is 0.125. The van der Waals surface area contributed by atoms with Gasteiger partial charge >= 0.3 is 5.97 Å². The molecule has 0 aliphatic carbocycles. The molecule has 6 nitrogen and oxygen atoms in total. The number of benzene rings is 4. The highest BCUT2D eigenvalue weighted by atomic mass is 32.2. The summed E-state index contributed by atoms with van der Waals surface area (Å²) in [7, 11) is 0. The van der Waals surface area contributed by atoms with Gasteiger partial charge in [-0.3, -0.25) is 4.79 Å². The zero-order valence-electron chi connectivity index (χ0n) is 20.5. The first-order chi connectivity index (χ1) is 18.0. The maximum atomic E-state index is 11.3. The third kappa shape index (κ3) is 6.78. The summed E-state index contributed by atoms with van der Waals surface area (Å²) in [6.45, 7) is 2.67. The van der Waals surface area contributed by atoms with Crippen LogP contribution in [-0.2, 0) is 24.4 Å². The predicted molar refractivity (Wildman–Crippen MR) is 150 cm³/mol. The number of carboxylic acid groups (broad SMARTS) is 1. The van der Waals surface area contributed by atoms with Crippen LogP contribution in [0.25, 0.3) is 11.1 Å². The normalized spacial score (nSPS) is 10.6. The van der Waals surface area contributed by atoms with Crippen molar-refractivity contribution in [1.29, 1.82) is 5.41 Å². The zero-order chi connectivity index (χ0) is 26.2.